The Morgan fingerprint density at radius 3 is 2.62 bits per heavy atom. The van der Waals surface area contributed by atoms with Crippen LogP contribution in [0, 0.1) is 0 Å². The molecular weight excluding hydrogens is 326 g/mol. The van der Waals surface area contributed by atoms with Gasteiger partial charge in [-0.1, -0.05) is 41.9 Å². The van der Waals surface area contributed by atoms with E-state index in [4.69, 9.17) is 16.7 Å². The molecule has 6 nitrogen and oxygen atoms in total. The van der Waals surface area contributed by atoms with E-state index in [0.717, 1.165) is 22.5 Å². The molecule has 1 N–H and O–H groups in total. The lowest BCUT2D eigenvalue weighted by molar-refractivity contribution is 0.269. The smallest absolute Gasteiger partial charge is 0.252 e. The van der Waals surface area contributed by atoms with Crippen molar-refractivity contribution in [1.29, 1.82) is 0 Å². The van der Waals surface area contributed by atoms with Gasteiger partial charge < -0.3 is 5.11 Å². The summed E-state index contributed by atoms with van der Waals surface area (Å²) in [5.41, 5.74) is 3.44. The van der Waals surface area contributed by atoms with Gasteiger partial charge in [-0.15, -0.1) is 10.2 Å². The largest absolute Gasteiger partial charge is 0.388 e. The molecule has 1 aromatic heterocycles. The summed E-state index contributed by atoms with van der Waals surface area (Å²) in [6.07, 6.45) is 0. The number of aliphatic hydroxyl groups is 1. The van der Waals surface area contributed by atoms with Crippen LogP contribution in [-0.2, 0) is 6.61 Å². The van der Waals surface area contributed by atoms with Crippen molar-refractivity contribution in [3.8, 4) is 5.69 Å². The van der Waals surface area contributed by atoms with E-state index in [0.29, 0.717) is 16.8 Å². The highest BCUT2D eigenvalue weighted by atomic mass is 35.5. The first kappa shape index (κ1) is 14.9. The van der Waals surface area contributed by atoms with E-state index in [-0.39, 0.29) is 6.61 Å². The van der Waals surface area contributed by atoms with Gasteiger partial charge in [0.15, 0.2) is 5.82 Å². The molecule has 0 radical (unpaired) electrons. The van der Waals surface area contributed by atoms with Gasteiger partial charge in [0.1, 0.15) is 12.3 Å². The number of benzene rings is 2. The Morgan fingerprint density at radius 1 is 1.08 bits per heavy atom. The number of rotatable bonds is 2. The molecule has 2 heterocycles. The van der Waals surface area contributed by atoms with Crippen LogP contribution in [-0.4, -0.2) is 32.6 Å². The molecule has 120 valence electrons. The lowest BCUT2D eigenvalue weighted by Crippen LogP contribution is -2.15. The quantitative estimate of drug-likeness (QED) is 0.779. The summed E-state index contributed by atoms with van der Waals surface area (Å²) in [7, 11) is 1.80. The Labute approximate surface area is 143 Å². The molecule has 0 unspecified atom stereocenters. The first-order chi connectivity index (χ1) is 11.7. The maximum atomic E-state index is 9.62. The fourth-order valence-electron chi connectivity index (χ4n) is 2.82. The first-order valence-electron chi connectivity index (χ1n) is 7.42. The van der Waals surface area contributed by atoms with Crippen LogP contribution >= 0.6 is 11.6 Å². The molecular formula is C17H14ClN5O. The number of hydrogen-bond acceptors (Lipinski definition) is 5. The van der Waals surface area contributed by atoms with Crippen molar-refractivity contribution in [3.63, 3.8) is 0 Å². The molecule has 7 heteroatoms. The first-order valence-corrected chi connectivity index (χ1v) is 7.80. The number of anilines is 1. The fourth-order valence-corrected chi connectivity index (χ4v) is 2.99. The number of fused-ring (bicyclic) bond motifs is 3. The number of aliphatic hydroxyl groups excluding tert-OH is 1. The van der Waals surface area contributed by atoms with Crippen molar-refractivity contribution in [2.24, 2.45) is 5.10 Å². The highest BCUT2D eigenvalue weighted by Gasteiger charge is 2.25. The van der Waals surface area contributed by atoms with Crippen LogP contribution in [0.25, 0.3) is 5.69 Å². The second kappa shape index (κ2) is 5.74. The summed E-state index contributed by atoms with van der Waals surface area (Å²) >= 11 is 6.24. The second-order valence-corrected chi connectivity index (χ2v) is 5.85. The molecule has 1 aliphatic rings. The summed E-state index contributed by atoms with van der Waals surface area (Å²) in [5.74, 6) is 0.985. The van der Waals surface area contributed by atoms with Crippen molar-refractivity contribution >= 4 is 23.3 Å². The van der Waals surface area contributed by atoms with Gasteiger partial charge in [0.25, 0.3) is 5.95 Å². The van der Waals surface area contributed by atoms with Crippen molar-refractivity contribution in [3.05, 3.63) is 70.5 Å². The van der Waals surface area contributed by atoms with E-state index in [1.165, 1.54) is 0 Å². The van der Waals surface area contributed by atoms with Gasteiger partial charge >= 0.3 is 0 Å². The fraction of sp³-hybridized carbons (Fsp3) is 0.118. The molecule has 0 amide bonds. The summed E-state index contributed by atoms with van der Waals surface area (Å²) < 4.78 is 1.80. The van der Waals surface area contributed by atoms with E-state index in [2.05, 4.69) is 10.2 Å². The molecule has 0 spiro atoms. The Hall–Kier alpha value is -2.70. The minimum Gasteiger partial charge on any atom is -0.388 e. The third-order valence-electron chi connectivity index (χ3n) is 3.90. The normalized spacial score (nSPS) is 13.1. The Morgan fingerprint density at radius 2 is 1.88 bits per heavy atom. The number of nitrogens with zero attached hydrogens (tertiary/aromatic N) is 5. The topological polar surface area (TPSA) is 66.5 Å². The molecule has 0 saturated heterocycles. The molecule has 0 aliphatic carbocycles. The van der Waals surface area contributed by atoms with Crippen molar-refractivity contribution < 1.29 is 5.11 Å². The monoisotopic (exact) mass is 339 g/mol. The molecule has 0 bridgehead atoms. The maximum Gasteiger partial charge on any atom is 0.252 e. The number of aromatic nitrogens is 3. The highest BCUT2D eigenvalue weighted by molar-refractivity contribution is 6.31. The number of halogens is 1. The van der Waals surface area contributed by atoms with Gasteiger partial charge in [-0.3, -0.25) is 4.57 Å². The van der Waals surface area contributed by atoms with Gasteiger partial charge in [0, 0.05) is 23.2 Å². The number of hydrazone groups is 1. The van der Waals surface area contributed by atoms with Gasteiger partial charge in [-0.05, 0) is 18.2 Å². The summed E-state index contributed by atoms with van der Waals surface area (Å²) in [5, 5.41) is 24.8. The average molecular weight is 340 g/mol. The Kier molecular flexibility index (Phi) is 3.55. The van der Waals surface area contributed by atoms with Gasteiger partial charge in [-0.25, -0.2) is 5.01 Å². The van der Waals surface area contributed by atoms with Crippen LogP contribution in [0.1, 0.15) is 17.0 Å². The Bertz CT molecular complexity index is 935. The van der Waals surface area contributed by atoms with Gasteiger partial charge in [-0.2, -0.15) is 5.10 Å². The van der Waals surface area contributed by atoms with E-state index >= 15 is 0 Å². The predicted octanol–water partition coefficient (Wildman–Crippen LogP) is 2.62. The standard InChI is InChI=1S/C17H14ClN5O/c1-22-17-20-19-15(10-24)23(17)14-8-7-12(18)9-13(14)16(21-22)11-5-3-2-4-6-11/h2-9,24H,10H2,1H3. The van der Waals surface area contributed by atoms with Crippen LogP contribution in [0.4, 0.5) is 5.95 Å². The lowest BCUT2D eigenvalue weighted by Gasteiger charge is -2.12. The lowest BCUT2D eigenvalue weighted by atomic mass is 10.0. The molecule has 3 aromatic rings. The zero-order chi connectivity index (χ0) is 16.7. The molecule has 0 atom stereocenters. The zero-order valence-corrected chi connectivity index (χ0v) is 13.6. The second-order valence-electron chi connectivity index (χ2n) is 5.41. The molecule has 4 rings (SSSR count). The minimum absolute atomic E-state index is 0.219. The van der Waals surface area contributed by atoms with Gasteiger partial charge in [0.2, 0.25) is 0 Å². The summed E-state index contributed by atoms with van der Waals surface area (Å²) in [6.45, 7) is -0.219. The van der Waals surface area contributed by atoms with E-state index < -0.39 is 0 Å². The van der Waals surface area contributed by atoms with E-state index in [1.54, 1.807) is 22.7 Å². The van der Waals surface area contributed by atoms with Crippen LogP contribution in [0.5, 0.6) is 0 Å². The summed E-state index contributed by atoms with van der Waals surface area (Å²) in [4.78, 5) is 0. The van der Waals surface area contributed by atoms with Crippen LogP contribution in [0.15, 0.2) is 53.6 Å². The Balaban J connectivity index is 2.04. The molecule has 24 heavy (non-hydrogen) atoms. The van der Waals surface area contributed by atoms with Crippen LogP contribution in [0.3, 0.4) is 0 Å². The summed E-state index contributed by atoms with van der Waals surface area (Å²) in [6, 6.07) is 15.4. The highest BCUT2D eigenvalue weighted by Crippen LogP contribution is 2.30. The number of hydrogen-bond donors (Lipinski definition) is 1. The molecule has 2 aromatic carbocycles. The predicted molar refractivity (Wildman–Crippen MR) is 92.8 cm³/mol. The van der Waals surface area contributed by atoms with Crippen molar-refractivity contribution in [2.75, 3.05) is 12.1 Å². The average Bonchev–Trinajstić information content (AvgIpc) is 2.99. The molecule has 1 aliphatic heterocycles. The maximum absolute atomic E-state index is 9.62. The SMILES string of the molecule is CN1N=C(c2ccccc2)c2cc(Cl)ccc2-n2c(CO)nnc21. The van der Waals surface area contributed by atoms with Gasteiger partial charge in [0.05, 0.1) is 5.69 Å². The van der Waals surface area contributed by atoms with E-state index in [1.807, 2.05) is 42.5 Å². The third-order valence-corrected chi connectivity index (χ3v) is 4.13. The zero-order valence-electron chi connectivity index (χ0n) is 12.9. The van der Waals surface area contributed by atoms with Crippen molar-refractivity contribution in [1.82, 2.24) is 14.8 Å². The van der Waals surface area contributed by atoms with E-state index in [9.17, 15) is 5.11 Å². The minimum atomic E-state index is -0.219. The molecule has 0 saturated carbocycles. The van der Waals surface area contributed by atoms with Crippen LogP contribution in [0.2, 0.25) is 5.02 Å². The van der Waals surface area contributed by atoms with Crippen molar-refractivity contribution in [2.45, 2.75) is 6.61 Å². The van der Waals surface area contributed by atoms with Crippen LogP contribution < -0.4 is 5.01 Å². The third kappa shape index (κ3) is 2.28. The molecule has 0 fully saturated rings.